The molecule has 0 saturated heterocycles. The third-order valence-electron chi connectivity index (χ3n) is 3.22. The molecule has 9 heteroatoms. The van der Waals surface area contributed by atoms with Gasteiger partial charge in [-0.1, -0.05) is 17.3 Å². The Balaban J connectivity index is 1.92. The van der Waals surface area contributed by atoms with Crippen LogP contribution >= 0.6 is 0 Å². The average Bonchev–Trinajstić information content (AvgIpc) is 3.01. The molecule has 126 valence electrons. The lowest BCUT2D eigenvalue weighted by Crippen LogP contribution is -2.26. The van der Waals surface area contributed by atoms with Crippen LogP contribution in [0.5, 0.6) is 0 Å². The zero-order valence-corrected chi connectivity index (χ0v) is 13.3. The molecule has 0 saturated carbocycles. The average molecular weight is 331 g/mol. The molecule has 1 aromatic heterocycles. The topological polar surface area (TPSA) is 117 Å². The van der Waals surface area contributed by atoms with Crippen molar-refractivity contribution in [1.29, 1.82) is 0 Å². The highest BCUT2D eigenvalue weighted by Gasteiger charge is 2.13. The van der Waals surface area contributed by atoms with E-state index in [0.29, 0.717) is 0 Å². The smallest absolute Gasteiger partial charge is 0.335 e. The summed E-state index contributed by atoms with van der Waals surface area (Å²) in [4.78, 5) is 35.8. The van der Waals surface area contributed by atoms with E-state index < -0.39 is 11.9 Å². The third-order valence-corrected chi connectivity index (χ3v) is 3.22. The van der Waals surface area contributed by atoms with Gasteiger partial charge in [-0.2, -0.15) is 0 Å². The van der Waals surface area contributed by atoms with Crippen LogP contribution in [0.25, 0.3) is 0 Å². The van der Waals surface area contributed by atoms with E-state index in [9.17, 15) is 14.4 Å². The summed E-state index contributed by atoms with van der Waals surface area (Å²) >= 11 is 0. The lowest BCUT2D eigenvalue weighted by Gasteiger charge is -2.08. The van der Waals surface area contributed by atoms with Gasteiger partial charge in [0.2, 0.25) is 5.91 Å². The minimum absolute atomic E-state index is 0.00390. The number of carboxylic acid groups (broad SMARTS) is 1. The molecule has 1 heterocycles. The zero-order valence-electron chi connectivity index (χ0n) is 13.3. The van der Waals surface area contributed by atoms with Gasteiger partial charge in [0, 0.05) is 20.6 Å². The number of nitrogens with zero attached hydrogens (tertiary/aromatic N) is 4. The van der Waals surface area contributed by atoms with E-state index in [1.54, 1.807) is 26.2 Å². The van der Waals surface area contributed by atoms with Crippen LogP contribution in [0.15, 0.2) is 30.5 Å². The Morgan fingerprint density at radius 3 is 2.46 bits per heavy atom. The quantitative estimate of drug-likeness (QED) is 0.769. The standard InChI is InChI=1S/C15H17N5O4/c1-19(2)13(21)9-20-8-12(17-18-20)14(22)16-7-10-3-5-11(6-4-10)15(23)24/h3-6,8H,7,9H2,1-2H3,(H,16,22)(H,23,24). The number of aromatic carboxylic acids is 1. The van der Waals surface area contributed by atoms with Crippen molar-refractivity contribution in [3.05, 3.63) is 47.3 Å². The van der Waals surface area contributed by atoms with Crippen LogP contribution in [0.2, 0.25) is 0 Å². The number of carboxylic acids is 1. The van der Waals surface area contributed by atoms with Crippen molar-refractivity contribution >= 4 is 17.8 Å². The first-order valence-corrected chi connectivity index (χ1v) is 7.07. The Morgan fingerprint density at radius 2 is 1.88 bits per heavy atom. The molecule has 2 N–H and O–H groups in total. The number of aromatic nitrogens is 3. The monoisotopic (exact) mass is 331 g/mol. The summed E-state index contributed by atoms with van der Waals surface area (Å²) in [6.45, 7) is 0.228. The molecule has 1 aromatic carbocycles. The van der Waals surface area contributed by atoms with E-state index in [1.807, 2.05) is 0 Å². The Hall–Kier alpha value is -3.23. The predicted molar refractivity (Wildman–Crippen MR) is 83.3 cm³/mol. The molecule has 0 aliphatic heterocycles. The first kappa shape index (κ1) is 17.1. The van der Waals surface area contributed by atoms with Crippen molar-refractivity contribution < 1.29 is 19.5 Å². The maximum atomic E-state index is 12.0. The van der Waals surface area contributed by atoms with E-state index in [0.717, 1.165) is 5.56 Å². The van der Waals surface area contributed by atoms with E-state index in [1.165, 1.54) is 27.9 Å². The molecular formula is C15H17N5O4. The maximum Gasteiger partial charge on any atom is 0.335 e. The number of carbonyl (C=O) groups excluding carboxylic acids is 2. The summed E-state index contributed by atoms with van der Waals surface area (Å²) in [5, 5.41) is 19.0. The van der Waals surface area contributed by atoms with Gasteiger partial charge >= 0.3 is 5.97 Å². The molecule has 0 aliphatic carbocycles. The molecule has 2 rings (SSSR count). The third kappa shape index (κ3) is 4.38. The fourth-order valence-electron chi connectivity index (χ4n) is 1.80. The number of benzene rings is 1. The van der Waals surface area contributed by atoms with Crippen molar-refractivity contribution in [1.82, 2.24) is 25.2 Å². The highest BCUT2D eigenvalue weighted by Crippen LogP contribution is 2.04. The molecular weight excluding hydrogens is 314 g/mol. The number of likely N-dealkylation sites (N-methyl/N-ethyl adjacent to an activating group) is 1. The highest BCUT2D eigenvalue weighted by atomic mass is 16.4. The summed E-state index contributed by atoms with van der Waals surface area (Å²) in [5.74, 6) is -1.60. The van der Waals surface area contributed by atoms with E-state index in [-0.39, 0.29) is 30.3 Å². The summed E-state index contributed by atoms with van der Waals surface area (Å²) < 4.78 is 1.29. The Labute approximate surface area is 137 Å². The number of amides is 2. The molecule has 0 bridgehead atoms. The second kappa shape index (κ2) is 7.36. The largest absolute Gasteiger partial charge is 0.478 e. The second-order valence-corrected chi connectivity index (χ2v) is 5.27. The Bertz CT molecular complexity index is 751. The first-order chi connectivity index (χ1) is 11.4. The lowest BCUT2D eigenvalue weighted by atomic mass is 10.1. The molecule has 0 radical (unpaired) electrons. The van der Waals surface area contributed by atoms with Gasteiger partial charge in [0.15, 0.2) is 5.69 Å². The summed E-state index contributed by atoms with van der Waals surface area (Å²) in [6.07, 6.45) is 1.39. The SMILES string of the molecule is CN(C)C(=O)Cn1cc(C(=O)NCc2ccc(C(=O)O)cc2)nn1. The normalized spacial score (nSPS) is 10.2. The van der Waals surface area contributed by atoms with Gasteiger partial charge in [0.25, 0.3) is 5.91 Å². The van der Waals surface area contributed by atoms with Gasteiger partial charge < -0.3 is 15.3 Å². The van der Waals surface area contributed by atoms with Crippen LogP contribution in [0.3, 0.4) is 0 Å². The fourth-order valence-corrected chi connectivity index (χ4v) is 1.80. The van der Waals surface area contributed by atoms with E-state index >= 15 is 0 Å². The molecule has 2 amide bonds. The summed E-state index contributed by atoms with van der Waals surface area (Å²) in [6, 6.07) is 6.17. The van der Waals surface area contributed by atoms with Crippen LogP contribution in [-0.2, 0) is 17.9 Å². The summed E-state index contributed by atoms with van der Waals surface area (Å²) in [7, 11) is 3.25. The molecule has 9 nitrogen and oxygen atoms in total. The van der Waals surface area contributed by atoms with E-state index in [2.05, 4.69) is 15.6 Å². The van der Waals surface area contributed by atoms with Gasteiger partial charge in [-0.3, -0.25) is 9.59 Å². The number of rotatable bonds is 6. The van der Waals surface area contributed by atoms with Crippen molar-refractivity contribution in [2.75, 3.05) is 14.1 Å². The van der Waals surface area contributed by atoms with Crippen LogP contribution in [0.4, 0.5) is 0 Å². The van der Waals surface area contributed by atoms with Gasteiger partial charge in [-0.05, 0) is 17.7 Å². The molecule has 0 aliphatic rings. The number of hydrogen-bond acceptors (Lipinski definition) is 5. The minimum Gasteiger partial charge on any atom is -0.478 e. The maximum absolute atomic E-state index is 12.0. The molecule has 2 aromatic rings. The lowest BCUT2D eigenvalue weighted by molar-refractivity contribution is -0.129. The minimum atomic E-state index is -1.01. The molecule has 0 spiro atoms. The fraction of sp³-hybridized carbons (Fsp3) is 0.267. The van der Waals surface area contributed by atoms with Gasteiger partial charge in [-0.25, -0.2) is 9.48 Å². The van der Waals surface area contributed by atoms with Crippen molar-refractivity contribution in [3.8, 4) is 0 Å². The van der Waals surface area contributed by atoms with Crippen molar-refractivity contribution in [3.63, 3.8) is 0 Å². The number of nitrogens with one attached hydrogen (secondary N) is 1. The van der Waals surface area contributed by atoms with Gasteiger partial charge in [0.1, 0.15) is 6.54 Å². The number of carbonyl (C=O) groups is 3. The summed E-state index contributed by atoms with van der Waals surface area (Å²) in [5.41, 5.74) is 1.03. The van der Waals surface area contributed by atoms with Gasteiger partial charge in [0.05, 0.1) is 11.8 Å². The first-order valence-electron chi connectivity index (χ1n) is 7.07. The predicted octanol–water partition coefficient (Wildman–Crippen LogP) is -0.00550. The van der Waals surface area contributed by atoms with Crippen molar-refractivity contribution in [2.45, 2.75) is 13.1 Å². The molecule has 24 heavy (non-hydrogen) atoms. The highest BCUT2D eigenvalue weighted by molar-refractivity contribution is 5.92. The van der Waals surface area contributed by atoms with Crippen LogP contribution in [0.1, 0.15) is 26.4 Å². The van der Waals surface area contributed by atoms with Crippen LogP contribution in [0, 0.1) is 0 Å². The van der Waals surface area contributed by atoms with Crippen molar-refractivity contribution in [2.24, 2.45) is 0 Å². The second-order valence-electron chi connectivity index (χ2n) is 5.27. The van der Waals surface area contributed by atoms with Crippen LogP contribution < -0.4 is 5.32 Å². The Morgan fingerprint density at radius 1 is 1.21 bits per heavy atom. The zero-order chi connectivity index (χ0) is 17.7. The molecule has 0 unspecified atom stereocenters. The van der Waals surface area contributed by atoms with E-state index in [4.69, 9.17) is 5.11 Å². The van der Waals surface area contributed by atoms with Gasteiger partial charge in [-0.15, -0.1) is 5.10 Å². The number of hydrogen-bond donors (Lipinski definition) is 2. The van der Waals surface area contributed by atoms with Crippen LogP contribution in [-0.4, -0.2) is 56.9 Å². The molecule has 0 atom stereocenters. The molecule has 0 fully saturated rings. The Kier molecular flexibility index (Phi) is 5.25.